The van der Waals surface area contributed by atoms with E-state index in [0.29, 0.717) is 22.6 Å². The van der Waals surface area contributed by atoms with E-state index in [0.717, 1.165) is 6.07 Å². The molecular weight excluding hydrogens is 277 g/mol. The van der Waals surface area contributed by atoms with Crippen molar-refractivity contribution < 1.29 is 23.5 Å². The van der Waals surface area contributed by atoms with E-state index in [9.17, 15) is 14.0 Å². The topological polar surface area (TPSA) is 79.5 Å². The molecule has 0 radical (unpaired) electrons. The average molecular weight is 291 g/mol. The first-order valence-electron chi connectivity index (χ1n) is 6.22. The minimum Gasteiger partial charge on any atom is -0.478 e. The fourth-order valence-corrected chi connectivity index (χ4v) is 2.06. The van der Waals surface area contributed by atoms with E-state index in [1.165, 1.54) is 12.1 Å². The van der Waals surface area contributed by atoms with Gasteiger partial charge in [0, 0.05) is 5.56 Å². The average Bonchev–Trinajstić information content (AvgIpc) is 2.65. The lowest BCUT2D eigenvalue weighted by Gasteiger charge is -2.07. The number of amides is 1. The summed E-state index contributed by atoms with van der Waals surface area (Å²) >= 11 is 0. The molecule has 0 bridgehead atoms. The van der Waals surface area contributed by atoms with E-state index in [4.69, 9.17) is 9.52 Å². The minimum atomic E-state index is -1.23. The van der Waals surface area contributed by atoms with Crippen LogP contribution in [0.1, 0.15) is 37.8 Å². The van der Waals surface area contributed by atoms with Crippen LogP contribution >= 0.6 is 0 Å². The third kappa shape index (κ3) is 2.79. The fourth-order valence-electron chi connectivity index (χ4n) is 2.06. The number of hydrogen-bond acceptors (Lipinski definition) is 3. The van der Waals surface area contributed by atoms with Crippen LogP contribution in [0.5, 0.6) is 0 Å². The molecule has 0 aliphatic heterocycles. The number of halogens is 1. The van der Waals surface area contributed by atoms with Gasteiger partial charge in [-0.2, -0.15) is 0 Å². The number of furan rings is 1. The number of carboxylic acid groups (broad SMARTS) is 1. The van der Waals surface area contributed by atoms with E-state index < -0.39 is 17.7 Å². The highest BCUT2D eigenvalue weighted by atomic mass is 19.1. The summed E-state index contributed by atoms with van der Waals surface area (Å²) in [7, 11) is 0. The van der Waals surface area contributed by atoms with E-state index in [-0.39, 0.29) is 11.3 Å². The third-order valence-electron chi connectivity index (χ3n) is 3.25. The largest absolute Gasteiger partial charge is 0.478 e. The summed E-state index contributed by atoms with van der Waals surface area (Å²) in [6.45, 7) is 5.13. The Hall–Kier alpha value is -2.63. The smallest absolute Gasteiger partial charge is 0.335 e. The number of aromatic carboxylic acids is 1. The Bertz CT molecular complexity index is 734. The van der Waals surface area contributed by atoms with Crippen molar-refractivity contribution in [3.8, 4) is 0 Å². The maximum absolute atomic E-state index is 13.8. The second-order valence-electron chi connectivity index (χ2n) is 4.67. The van der Waals surface area contributed by atoms with Crippen molar-refractivity contribution in [1.82, 2.24) is 0 Å². The van der Waals surface area contributed by atoms with Crippen LogP contribution in [-0.2, 0) is 0 Å². The number of aryl methyl sites for hydroxylation is 2. The molecule has 0 saturated carbocycles. The lowest BCUT2D eigenvalue weighted by Crippen LogP contribution is -2.15. The van der Waals surface area contributed by atoms with Gasteiger partial charge < -0.3 is 14.8 Å². The number of rotatable bonds is 3. The summed E-state index contributed by atoms with van der Waals surface area (Å²) in [6.07, 6.45) is 0. The van der Waals surface area contributed by atoms with Gasteiger partial charge in [0.25, 0.3) is 5.91 Å². The van der Waals surface area contributed by atoms with E-state index in [1.807, 2.05) is 0 Å². The molecule has 6 heteroatoms. The first kappa shape index (κ1) is 14.8. The van der Waals surface area contributed by atoms with Gasteiger partial charge in [0.1, 0.15) is 17.3 Å². The van der Waals surface area contributed by atoms with E-state index in [1.54, 1.807) is 20.8 Å². The summed E-state index contributed by atoms with van der Waals surface area (Å²) in [5.41, 5.74) is 0.779. The van der Waals surface area contributed by atoms with Gasteiger partial charge in [-0.05, 0) is 39.0 Å². The maximum Gasteiger partial charge on any atom is 0.335 e. The molecule has 5 nitrogen and oxygen atoms in total. The second kappa shape index (κ2) is 5.40. The molecule has 0 aliphatic rings. The third-order valence-corrected chi connectivity index (χ3v) is 3.25. The van der Waals surface area contributed by atoms with Gasteiger partial charge in [-0.1, -0.05) is 0 Å². The van der Waals surface area contributed by atoms with Gasteiger partial charge >= 0.3 is 5.97 Å². The number of carbonyl (C=O) groups excluding carboxylic acids is 1. The zero-order chi connectivity index (χ0) is 15.7. The first-order chi connectivity index (χ1) is 9.81. The molecule has 2 N–H and O–H groups in total. The highest BCUT2D eigenvalue weighted by molar-refractivity contribution is 6.06. The lowest BCUT2D eigenvalue weighted by molar-refractivity contribution is 0.0696. The predicted molar refractivity (Wildman–Crippen MR) is 74.2 cm³/mol. The predicted octanol–water partition coefficient (Wildman–Crippen LogP) is 3.29. The zero-order valence-corrected chi connectivity index (χ0v) is 11.8. The Morgan fingerprint density at radius 1 is 1.19 bits per heavy atom. The van der Waals surface area contributed by atoms with Crippen LogP contribution in [0.2, 0.25) is 0 Å². The Balaban J connectivity index is 2.30. The van der Waals surface area contributed by atoms with Gasteiger partial charge in [0.15, 0.2) is 0 Å². The second-order valence-corrected chi connectivity index (χ2v) is 4.67. The van der Waals surface area contributed by atoms with Gasteiger partial charge in [0.2, 0.25) is 0 Å². The van der Waals surface area contributed by atoms with Gasteiger partial charge in [-0.25, -0.2) is 9.18 Å². The van der Waals surface area contributed by atoms with Crippen LogP contribution in [0.3, 0.4) is 0 Å². The quantitative estimate of drug-likeness (QED) is 0.909. The lowest BCUT2D eigenvalue weighted by atomic mass is 10.1. The van der Waals surface area contributed by atoms with Crippen molar-refractivity contribution in [2.75, 3.05) is 5.32 Å². The maximum atomic E-state index is 13.8. The molecule has 1 aromatic carbocycles. The molecule has 0 fully saturated rings. The fraction of sp³-hybridized carbons (Fsp3) is 0.200. The monoisotopic (exact) mass is 291 g/mol. The van der Waals surface area contributed by atoms with Gasteiger partial charge in [-0.15, -0.1) is 0 Å². The SMILES string of the molecule is Cc1oc(C)c(C(=O)Nc2ccc(C(=O)O)cc2F)c1C. The minimum absolute atomic E-state index is 0.0809. The number of anilines is 1. The molecule has 110 valence electrons. The number of carboxylic acids is 1. The number of benzene rings is 1. The number of carbonyl (C=O) groups is 2. The highest BCUT2D eigenvalue weighted by Crippen LogP contribution is 2.23. The van der Waals surface area contributed by atoms with Gasteiger partial charge in [-0.3, -0.25) is 4.79 Å². The summed E-state index contributed by atoms with van der Waals surface area (Å²) in [4.78, 5) is 22.9. The molecule has 1 amide bonds. The van der Waals surface area contributed by atoms with Gasteiger partial charge in [0.05, 0.1) is 16.8 Å². The summed E-state index contributed by atoms with van der Waals surface area (Å²) in [5.74, 6) is -1.46. The summed E-state index contributed by atoms with van der Waals surface area (Å²) < 4.78 is 19.1. The Morgan fingerprint density at radius 2 is 1.86 bits per heavy atom. The number of nitrogens with one attached hydrogen (secondary N) is 1. The van der Waals surface area contributed by atoms with Crippen LogP contribution in [0.25, 0.3) is 0 Å². The van der Waals surface area contributed by atoms with Crippen molar-refractivity contribution in [1.29, 1.82) is 0 Å². The standard InChI is InChI=1S/C15H14FNO4/c1-7-8(2)21-9(3)13(7)14(18)17-12-5-4-10(15(19)20)6-11(12)16/h4-6H,1-3H3,(H,17,18)(H,19,20). The molecule has 0 saturated heterocycles. The van der Waals surface area contributed by atoms with Crippen LogP contribution in [0.4, 0.5) is 10.1 Å². The highest BCUT2D eigenvalue weighted by Gasteiger charge is 2.20. The normalized spacial score (nSPS) is 10.5. The van der Waals surface area contributed by atoms with Crippen LogP contribution in [0, 0.1) is 26.6 Å². The molecule has 0 atom stereocenters. The summed E-state index contributed by atoms with van der Waals surface area (Å²) in [5, 5.41) is 11.2. The molecular formula is C15H14FNO4. The Morgan fingerprint density at radius 3 is 2.33 bits per heavy atom. The molecule has 2 rings (SSSR count). The van der Waals surface area contributed by atoms with Crippen molar-refractivity contribution >= 4 is 17.6 Å². The molecule has 0 unspecified atom stereocenters. The van der Waals surface area contributed by atoms with Crippen molar-refractivity contribution in [3.63, 3.8) is 0 Å². The molecule has 2 aromatic rings. The molecule has 0 aliphatic carbocycles. The van der Waals surface area contributed by atoms with Crippen molar-refractivity contribution in [3.05, 3.63) is 52.2 Å². The zero-order valence-electron chi connectivity index (χ0n) is 11.8. The molecule has 21 heavy (non-hydrogen) atoms. The first-order valence-corrected chi connectivity index (χ1v) is 6.22. The Labute approximate surface area is 120 Å². The van der Waals surface area contributed by atoms with Crippen molar-refractivity contribution in [2.24, 2.45) is 0 Å². The molecule has 0 spiro atoms. The van der Waals surface area contributed by atoms with Crippen molar-refractivity contribution in [2.45, 2.75) is 20.8 Å². The Kier molecular flexibility index (Phi) is 3.80. The summed E-state index contributed by atoms with van der Waals surface area (Å²) in [6, 6.07) is 3.30. The van der Waals surface area contributed by atoms with Crippen LogP contribution < -0.4 is 5.32 Å². The molecule has 1 aromatic heterocycles. The number of hydrogen-bond donors (Lipinski definition) is 2. The van der Waals surface area contributed by atoms with E-state index >= 15 is 0 Å². The van der Waals surface area contributed by atoms with E-state index in [2.05, 4.69) is 5.32 Å². The van der Waals surface area contributed by atoms with Crippen LogP contribution in [0.15, 0.2) is 22.6 Å². The molecule has 1 heterocycles. The van der Waals surface area contributed by atoms with Crippen LogP contribution in [-0.4, -0.2) is 17.0 Å².